The molecule has 0 fully saturated rings. The van der Waals surface area contributed by atoms with Crippen LogP contribution in [0.4, 0.5) is 5.69 Å². The number of amides is 1. The highest BCUT2D eigenvalue weighted by Gasteiger charge is 2.11. The van der Waals surface area contributed by atoms with Gasteiger partial charge in [-0.1, -0.05) is 37.3 Å². The van der Waals surface area contributed by atoms with Crippen LogP contribution < -0.4 is 5.32 Å². The summed E-state index contributed by atoms with van der Waals surface area (Å²) in [5.74, 6) is -0.0963. The fraction of sp³-hybridized carbons (Fsp3) is 0.130. The van der Waals surface area contributed by atoms with E-state index in [4.69, 9.17) is 0 Å². The molecule has 4 nitrogen and oxygen atoms in total. The molecule has 0 radical (unpaired) electrons. The van der Waals surface area contributed by atoms with Gasteiger partial charge in [0, 0.05) is 16.9 Å². The standard InChI is InChI=1S/C23H21N3O/c1-3-17-8-6-7-16(2)22(17)25-23(27)18-11-13-19(14-12-18)26-15-24-20-9-4-5-10-21(20)26/h4-15H,3H2,1-2H3,(H,25,27). The topological polar surface area (TPSA) is 46.9 Å². The number of aromatic nitrogens is 2. The maximum atomic E-state index is 12.7. The molecule has 1 amide bonds. The smallest absolute Gasteiger partial charge is 0.255 e. The van der Waals surface area contributed by atoms with Crippen molar-refractivity contribution < 1.29 is 4.79 Å². The number of hydrogen-bond donors (Lipinski definition) is 1. The first kappa shape index (κ1) is 17.0. The average molecular weight is 355 g/mol. The second-order valence-electron chi connectivity index (χ2n) is 6.57. The summed E-state index contributed by atoms with van der Waals surface area (Å²) in [7, 11) is 0. The Balaban J connectivity index is 1.60. The number of imidazole rings is 1. The second-order valence-corrected chi connectivity index (χ2v) is 6.57. The molecule has 0 aliphatic rings. The number of nitrogens with one attached hydrogen (secondary N) is 1. The Kier molecular flexibility index (Phi) is 4.47. The molecular weight excluding hydrogens is 334 g/mol. The van der Waals surface area contributed by atoms with Crippen LogP contribution in [-0.2, 0) is 6.42 Å². The predicted octanol–water partition coefficient (Wildman–Crippen LogP) is 5.15. The molecule has 27 heavy (non-hydrogen) atoms. The summed E-state index contributed by atoms with van der Waals surface area (Å²) < 4.78 is 2.02. The summed E-state index contributed by atoms with van der Waals surface area (Å²) in [5, 5.41) is 3.07. The number of anilines is 1. The van der Waals surface area contributed by atoms with Gasteiger partial charge in [-0.05, 0) is 60.9 Å². The van der Waals surface area contributed by atoms with E-state index in [-0.39, 0.29) is 5.91 Å². The number of aryl methyl sites for hydroxylation is 2. The monoisotopic (exact) mass is 355 g/mol. The molecule has 1 heterocycles. The molecule has 4 rings (SSSR count). The highest BCUT2D eigenvalue weighted by atomic mass is 16.1. The zero-order valence-corrected chi connectivity index (χ0v) is 15.4. The number of benzene rings is 3. The number of nitrogens with zero attached hydrogens (tertiary/aromatic N) is 2. The van der Waals surface area contributed by atoms with Crippen molar-refractivity contribution in [3.8, 4) is 5.69 Å². The Morgan fingerprint density at radius 2 is 1.78 bits per heavy atom. The average Bonchev–Trinajstić information content (AvgIpc) is 3.13. The first-order valence-electron chi connectivity index (χ1n) is 9.09. The SMILES string of the molecule is CCc1cccc(C)c1NC(=O)c1ccc(-n2cnc3ccccc32)cc1. The summed E-state index contributed by atoms with van der Waals surface area (Å²) in [6.07, 6.45) is 2.69. The Morgan fingerprint density at radius 1 is 1.00 bits per heavy atom. The lowest BCUT2D eigenvalue weighted by Gasteiger charge is -2.13. The van der Waals surface area contributed by atoms with Crippen molar-refractivity contribution in [3.63, 3.8) is 0 Å². The molecule has 3 aromatic carbocycles. The van der Waals surface area contributed by atoms with Crippen LogP contribution in [0.15, 0.2) is 73.1 Å². The maximum absolute atomic E-state index is 12.7. The van der Waals surface area contributed by atoms with E-state index in [0.29, 0.717) is 5.56 Å². The molecule has 1 N–H and O–H groups in total. The van der Waals surface area contributed by atoms with Crippen LogP contribution in [0.25, 0.3) is 16.7 Å². The van der Waals surface area contributed by atoms with E-state index in [1.807, 2.05) is 72.2 Å². The number of carbonyl (C=O) groups is 1. The molecule has 0 saturated heterocycles. The Morgan fingerprint density at radius 3 is 2.56 bits per heavy atom. The van der Waals surface area contributed by atoms with Gasteiger partial charge in [0.1, 0.15) is 6.33 Å². The minimum absolute atomic E-state index is 0.0963. The third-order valence-electron chi connectivity index (χ3n) is 4.84. The molecule has 0 atom stereocenters. The minimum atomic E-state index is -0.0963. The molecule has 0 spiro atoms. The lowest BCUT2D eigenvalue weighted by atomic mass is 10.1. The minimum Gasteiger partial charge on any atom is -0.321 e. The zero-order valence-electron chi connectivity index (χ0n) is 15.4. The number of hydrogen-bond acceptors (Lipinski definition) is 2. The van der Waals surface area contributed by atoms with Gasteiger partial charge >= 0.3 is 0 Å². The quantitative estimate of drug-likeness (QED) is 0.550. The van der Waals surface area contributed by atoms with Crippen molar-refractivity contribution in [2.45, 2.75) is 20.3 Å². The van der Waals surface area contributed by atoms with Crippen molar-refractivity contribution in [2.24, 2.45) is 0 Å². The van der Waals surface area contributed by atoms with Crippen LogP contribution in [0.1, 0.15) is 28.4 Å². The van der Waals surface area contributed by atoms with Crippen LogP contribution in [0.5, 0.6) is 0 Å². The molecular formula is C23H21N3O. The summed E-state index contributed by atoms with van der Waals surface area (Å²) in [6, 6.07) is 21.7. The molecule has 0 saturated carbocycles. The van der Waals surface area contributed by atoms with E-state index in [1.54, 1.807) is 6.33 Å². The zero-order chi connectivity index (χ0) is 18.8. The van der Waals surface area contributed by atoms with Gasteiger partial charge in [-0.15, -0.1) is 0 Å². The summed E-state index contributed by atoms with van der Waals surface area (Å²) in [4.78, 5) is 17.1. The van der Waals surface area contributed by atoms with E-state index in [9.17, 15) is 4.79 Å². The predicted molar refractivity (Wildman–Crippen MR) is 110 cm³/mol. The van der Waals surface area contributed by atoms with Crippen LogP contribution in [0.3, 0.4) is 0 Å². The number of carbonyl (C=O) groups excluding carboxylic acids is 1. The van der Waals surface area contributed by atoms with Gasteiger partial charge < -0.3 is 5.32 Å². The van der Waals surface area contributed by atoms with Crippen LogP contribution in [-0.4, -0.2) is 15.5 Å². The lowest BCUT2D eigenvalue weighted by Crippen LogP contribution is -2.14. The van der Waals surface area contributed by atoms with Gasteiger partial charge in [0.2, 0.25) is 0 Å². The lowest BCUT2D eigenvalue weighted by molar-refractivity contribution is 0.102. The number of fused-ring (bicyclic) bond motifs is 1. The molecule has 4 heteroatoms. The van der Waals surface area contributed by atoms with Crippen LogP contribution >= 0.6 is 0 Å². The van der Waals surface area contributed by atoms with Gasteiger partial charge in [-0.25, -0.2) is 4.98 Å². The normalized spacial score (nSPS) is 10.9. The van der Waals surface area contributed by atoms with Crippen molar-refractivity contribution in [1.29, 1.82) is 0 Å². The highest BCUT2D eigenvalue weighted by molar-refractivity contribution is 6.05. The molecule has 0 aliphatic carbocycles. The van der Waals surface area contributed by atoms with Crippen molar-refractivity contribution >= 4 is 22.6 Å². The largest absolute Gasteiger partial charge is 0.321 e. The van der Waals surface area contributed by atoms with Crippen molar-refractivity contribution in [3.05, 3.63) is 89.7 Å². The van der Waals surface area contributed by atoms with Crippen molar-refractivity contribution in [2.75, 3.05) is 5.32 Å². The van der Waals surface area contributed by atoms with Gasteiger partial charge in [-0.2, -0.15) is 0 Å². The molecule has 0 unspecified atom stereocenters. The van der Waals surface area contributed by atoms with Gasteiger partial charge in [0.25, 0.3) is 5.91 Å². The molecule has 0 aliphatic heterocycles. The molecule has 134 valence electrons. The second kappa shape index (κ2) is 7.08. The third kappa shape index (κ3) is 3.22. The van der Waals surface area contributed by atoms with E-state index in [0.717, 1.165) is 40.0 Å². The first-order chi connectivity index (χ1) is 13.2. The van der Waals surface area contributed by atoms with Gasteiger partial charge in [0.15, 0.2) is 0 Å². The van der Waals surface area contributed by atoms with E-state index in [2.05, 4.69) is 23.3 Å². The van der Waals surface area contributed by atoms with E-state index < -0.39 is 0 Å². The van der Waals surface area contributed by atoms with Gasteiger partial charge in [0.05, 0.1) is 11.0 Å². The molecule has 4 aromatic rings. The fourth-order valence-electron chi connectivity index (χ4n) is 3.33. The Bertz CT molecular complexity index is 1110. The maximum Gasteiger partial charge on any atom is 0.255 e. The number of para-hydroxylation sites is 3. The molecule has 0 bridgehead atoms. The fourth-order valence-corrected chi connectivity index (χ4v) is 3.33. The first-order valence-corrected chi connectivity index (χ1v) is 9.09. The van der Waals surface area contributed by atoms with Crippen molar-refractivity contribution in [1.82, 2.24) is 9.55 Å². The summed E-state index contributed by atoms with van der Waals surface area (Å²) in [6.45, 7) is 4.11. The van der Waals surface area contributed by atoms with E-state index in [1.165, 1.54) is 0 Å². The van der Waals surface area contributed by atoms with Crippen LogP contribution in [0.2, 0.25) is 0 Å². The summed E-state index contributed by atoms with van der Waals surface area (Å²) in [5.41, 5.74) is 6.73. The molecule has 1 aromatic heterocycles. The van der Waals surface area contributed by atoms with E-state index >= 15 is 0 Å². The number of rotatable bonds is 4. The third-order valence-corrected chi connectivity index (χ3v) is 4.84. The Labute approximate surface area is 158 Å². The highest BCUT2D eigenvalue weighted by Crippen LogP contribution is 2.23. The Hall–Kier alpha value is -3.40. The van der Waals surface area contributed by atoms with Gasteiger partial charge in [-0.3, -0.25) is 9.36 Å². The van der Waals surface area contributed by atoms with Crippen LogP contribution in [0, 0.1) is 6.92 Å². The summed E-state index contributed by atoms with van der Waals surface area (Å²) >= 11 is 0.